The summed E-state index contributed by atoms with van der Waals surface area (Å²) in [5.41, 5.74) is 2.76. The minimum Gasteiger partial charge on any atom is -0.356 e. The molecule has 0 aliphatic carbocycles. The predicted molar refractivity (Wildman–Crippen MR) is 123 cm³/mol. The Hall–Kier alpha value is -3.12. The number of nitrogens with zero attached hydrogens (tertiary/aromatic N) is 2. The van der Waals surface area contributed by atoms with E-state index in [1.165, 1.54) is 17.3 Å². The molecule has 6 heteroatoms. The predicted octanol–water partition coefficient (Wildman–Crippen LogP) is 4.72. The lowest BCUT2D eigenvalue weighted by atomic mass is 10.1. The highest BCUT2D eigenvalue weighted by molar-refractivity contribution is 7.99. The van der Waals surface area contributed by atoms with Crippen LogP contribution in [0.4, 0.5) is 5.69 Å². The van der Waals surface area contributed by atoms with Gasteiger partial charge in [0.05, 0.1) is 11.3 Å². The molecule has 0 saturated heterocycles. The molecule has 0 fully saturated rings. The van der Waals surface area contributed by atoms with Gasteiger partial charge in [0.25, 0.3) is 5.91 Å². The lowest BCUT2D eigenvalue weighted by Crippen LogP contribution is -2.33. The number of carbonyl (C=O) groups is 2. The van der Waals surface area contributed by atoms with Crippen molar-refractivity contribution in [1.82, 2.24) is 10.3 Å². The van der Waals surface area contributed by atoms with Gasteiger partial charge < -0.3 is 10.2 Å². The van der Waals surface area contributed by atoms with Gasteiger partial charge in [-0.3, -0.25) is 9.59 Å². The lowest BCUT2D eigenvalue weighted by Gasteiger charge is -2.22. The Labute approximate surface area is 186 Å². The van der Waals surface area contributed by atoms with Crippen LogP contribution in [-0.2, 0) is 11.2 Å². The number of benzene rings is 2. The summed E-state index contributed by atoms with van der Waals surface area (Å²) in [5, 5.41) is 3.71. The third kappa shape index (κ3) is 5.33. The fraction of sp³-hybridized carbons (Fsp3) is 0.240. The summed E-state index contributed by atoms with van der Waals surface area (Å²) in [6.07, 6.45) is 4.56. The van der Waals surface area contributed by atoms with Crippen molar-refractivity contribution >= 4 is 29.3 Å². The number of aromatic nitrogens is 1. The van der Waals surface area contributed by atoms with Crippen LogP contribution in [0, 0.1) is 0 Å². The van der Waals surface area contributed by atoms with Crippen molar-refractivity contribution in [3.05, 3.63) is 84.1 Å². The molecule has 0 atom stereocenters. The molecule has 0 radical (unpaired) electrons. The van der Waals surface area contributed by atoms with E-state index in [0.29, 0.717) is 31.5 Å². The first-order chi connectivity index (χ1) is 15.2. The molecule has 4 rings (SSSR count). The van der Waals surface area contributed by atoms with Crippen molar-refractivity contribution < 1.29 is 9.59 Å². The largest absolute Gasteiger partial charge is 0.356 e. The molecule has 1 aromatic heterocycles. The summed E-state index contributed by atoms with van der Waals surface area (Å²) >= 11 is 1.51. The van der Waals surface area contributed by atoms with Gasteiger partial charge in [0.2, 0.25) is 5.91 Å². The maximum absolute atomic E-state index is 13.2. The van der Waals surface area contributed by atoms with Crippen LogP contribution in [0.2, 0.25) is 0 Å². The van der Waals surface area contributed by atoms with E-state index in [1.54, 1.807) is 17.2 Å². The van der Waals surface area contributed by atoms with Gasteiger partial charge in [-0.25, -0.2) is 4.98 Å². The highest BCUT2D eigenvalue weighted by Gasteiger charge is 2.27. The van der Waals surface area contributed by atoms with E-state index >= 15 is 0 Å². The van der Waals surface area contributed by atoms with Crippen molar-refractivity contribution in [3.63, 3.8) is 0 Å². The molecule has 158 valence electrons. The summed E-state index contributed by atoms with van der Waals surface area (Å²) in [5.74, 6) is -0.0381. The van der Waals surface area contributed by atoms with E-state index in [2.05, 4.69) is 22.4 Å². The van der Waals surface area contributed by atoms with Crippen LogP contribution in [0.5, 0.6) is 0 Å². The van der Waals surface area contributed by atoms with Gasteiger partial charge in [-0.15, -0.1) is 0 Å². The van der Waals surface area contributed by atoms with Gasteiger partial charge in [0, 0.05) is 30.6 Å². The minimum atomic E-state index is -0.0659. The Bertz CT molecular complexity index is 1060. The van der Waals surface area contributed by atoms with E-state index in [-0.39, 0.29) is 11.8 Å². The van der Waals surface area contributed by atoms with E-state index in [9.17, 15) is 9.59 Å². The average Bonchev–Trinajstić information content (AvgIpc) is 2.92. The van der Waals surface area contributed by atoms with E-state index in [0.717, 1.165) is 28.5 Å². The first kappa shape index (κ1) is 21.1. The van der Waals surface area contributed by atoms with Crippen molar-refractivity contribution in [3.8, 4) is 0 Å². The fourth-order valence-electron chi connectivity index (χ4n) is 3.63. The number of hydrogen-bond donors (Lipinski definition) is 1. The van der Waals surface area contributed by atoms with Crippen LogP contribution >= 0.6 is 11.8 Å². The van der Waals surface area contributed by atoms with Gasteiger partial charge in [0.1, 0.15) is 5.03 Å². The summed E-state index contributed by atoms with van der Waals surface area (Å²) in [6.45, 7) is 1.15. The van der Waals surface area contributed by atoms with Gasteiger partial charge >= 0.3 is 0 Å². The normalized spacial score (nSPS) is 12.6. The molecule has 2 heterocycles. The number of fused-ring (bicyclic) bond motifs is 2. The average molecular weight is 432 g/mol. The third-order valence-corrected chi connectivity index (χ3v) is 6.29. The molecule has 0 spiro atoms. The number of pyridine rings is 1. The number of hydrogen-bond acceptors (Lipinski definition) is 4. The van der Waals surface area contributed by atoms with Crippen LogP contribution in [0.15, 0.2) is 82.8 Å². The smallest absolute Gasteiger partial charge is 0.261 e. The van der Waals surface area contributed by atoms with E-state index in [1.807, 2.05) is 48.5 Å². The van der Waals surface area contributed by atoms with Crippen LogP contribution in [0.1, 0.15) is 35.2 Å². The summed E-state index contributed by atoms with van der Waals surface area (Å²) < 4.78 is 0. The second kappa shape index (κ2) is 10.3. The number of rotatable bonds is 8. The second-order valence-electron chi connectivity index (χ2n) is 7.43. The van der Waals surface area contributed by atoms with Crippen LogP contribution in [-0.4, -0.2) is 29.9 Å². The van der Waals surface area contributed by atoms with Gasteiger partial charge in [0.15, 0.2) is 0 Å². The molecule has 31 heavy (non-hydrogen) atoms. The van der Waals surface area contributed by atoms with E-state index in [4.69, 9.17) is 0 Å². The van der Waals surface area contributed by atoms with Crippen LogP contribution < -0.4 is 10.2 Å². The number of carbonyl (C=O) groups excluding carboxylic acids is 2. The zero-order valence-corrected chi connectivity index (χ0v) is 18.1. The highest BCUT2D eigenvalue weighted by Crippen LogP contribution is 2.40. The van der Waals surface area contributed by atoms with E-state index < -0.39 is 0 Å². The Morgan fingerprint density at radius 1 is 0.968 bits per heavy atom. The Kier molecular flexibility index (Phi) is 6.99. The molecular weight excluding hydrogens is 406 g/mol. The topological polar surface area (TPSA) is 62.3 Å². The van der Waals surface area contributed by atoms with Crippen LogP contribution in [0.25, 0.3) is 0 Å². The lowest BCUT2D eigenvalue weighted by molar-refractivity contribution is -0.121. The monoisotopic (exact) mass is 431 g/mol. The molecule has 3 aromatic rings. The first-order valence-corrected chi connectivity index (χ1v) is 11.4. The standard InChI is InChI=1S/C25H25N3O2S/c29-23(26-16-6-11-19-9-2-1-3-10-19)15-8-18-28-21-13-4-5-14-22(21)31-24-20(25(28)30)12-7-17-27-24/h1-5,7,9-10,12-14,17H,6,8,11,15-16,18H2,(H,26,29). The summed E-state index contributed by atoms with van der Waals surface area (Å²) in [4.78, 5) is 32.6. The Balaban J connectivity index is 1.31. The molecular formula is C25H25N3O2S. The summed E-state index contributed by atoms with van der Waals surface area (Å²) in [6, 6.07) is 21.7. The molecule has 2 aromatic carbocycles. The van der Waals surface area contributed by atoms with Crippen molar-refractivity contribution in [1.29, 1.82) is 0 Å². The number of nitrogens with one attached hydrogen (secondary N) is 1. The minimum absolute atomic E-state index is 0.0278. The van der Waals surface area contributed by atoms with Gasteiger partial charge in [-0.1, -0.05) is 54.2 Å². The molecule has 1 aliphatic rings. The Morgan fingerprint density at radius 2 is 1.77 bits per heavy atom. The molecule has 5 nitrogen and oxygen atoms in total. The maximum atomic E-state index is 13.2. The van der Waals surface area contributed by atoms with Crippen LogP contribution in [0.3, 0.4) is 0 Å². The molecule has 0 bridgehead atoms. The van der Waals surface area contributed by atoms with Gasteiger partial charge in [-0.05, 0) is 49.1 Å². The van der Waals surface area contributed by atoms with Crippen molar-refractivity contribution in [2.75, 3.05) is 18.0 Å². The van der Waals surface area contributed by atoms with Gasteiger partial charge in [-0.2, -0.15) is 0 Å². The number of aryl methyl sites for hydroxylation is 1. The molecule has 1 aliphatic heterocycles. The molecule has 1 N–H and O–H groups in total. The number of amides is 2. The molecule has 0 saturated carbocycles. The van der Waals surface area contributed by atoms with Crippen molar-refractivity contribution in [2.45, 2.75) is 35.6 Å². The molecule has 2 amide bonds. The quantitative estimate of drug-likeness (QED) is 0.524. The maximum Gasteiger partial charge on any atom is 0.261 e. The zero-order valence-electron chi connectivity index (χ0n) is 17.3. The highest BCUT2D eigenvalue weighted by atomic mass is 32.2. The first-order valence-electron chi connectivity index (χ1n) is 10.6. The SMILES string of the molecule is O=C(CCCN1C(=O)c2cccnc2Sc2ccccc21)NCCCc1ccccc1. The van der Waals surface area contributed by atoms with Crippen molar-refractivity contribution in [2.24, 2.45) is 0 Å². The fourth-order valence-corrected chi connectivity index (χ4v) is 4.65. The number of anilines is 1. The summed E-state index contributed by atoms with van der Waals surface area (Å²) in [7, 11) is 0. The Morgan fingerprint density at radius 3 is 2.65 bits per heavy atom. The molecule has 0 unspecified atom stereocenters. The second-order valence-corrected chi connectivity index (χ2v) is 8.46. The zero-order chi connectivity index (χ0) is 21.5. The number of para-hydroxylation sites is 1. The third-order valence-electron chi connectivity index (χ3n) is 5.20.